The summed E-state index contributed by atoms with van der Waals surface area (Å²) in [5, 5.41) is 8.82. The van der Waals surface area contributed by atoms with E-state index in [0.717, 1.165) is 16.7 Å². The molecule has 0 bridgehead atoms. The van der Waals surface area contributed by atoms with Gasteiger partial charge in [0, 0.05) is 0 Å². The van der Waals surface area contributed by atoms with Gasteiger partial charge in [-0.15, -0.1) is 0 Å². The molecule has 0 heterocycles. The summed E-state index contributed by atoms with van der Waals surface area (Å²) in [6, 6.07) is 3.22. The molecule has 0 aliphatic heterocycles. The van der Waals surface area contributed by atoms with Gasteiger partial charge in [-0.3, -0.25) is 4.84 Å². The van der Waals surface area contributed by atoms with Crippen LogP contribution in [0.15, 0.2) is 12.1 Å². The number of hydrogen-bond acceptors (Lipinski definition) is 3. The second-order valence-corrected chi connectivity index (χ2v) is 3.19. The highest BCUT2D eigenvalue weighted by Crippen LogP contribution is 2.16. The second kappa shape index (κ2) is 4.21. The molecular weight excluding hydrogens is 182 g/mol. The van der Waals surface area contributed by atoms with Crippen LogP contribution in [0.25, 0.3) is 0 Å². The molecule has 1 aromatic carbocycles. The van der Waals surface area contributed by atoms with Gasteiger partial charge in [-0.05, 0) is 42.7 Å². The van der Waals surface area contributed by atoms with Crippen LogP contribution < -0.4 is 5.90 Å². The number of benzene rings is 1. The molecule has 0 aliphatic carbocycles. The lowest BCUT2D eigenvalue weighted by molar-refractivity contribution is 0.0696. The van der Waals surface area contributed by atoms with E-state index in [4.69, 9.17) is 11.0 Å². The lowest BCUT2D eigenvalue weighted by Crippen LogP contribution is -2.05. The first-order chi connectivity index (χ1) is 6.56. The fourth-order valence-electron chi connectivity index (χ4n) is 1.30. The van der Waals surface area contributed by atoms with Crippen LogP contribution >= 0.6 is 0 Å². The fourth-order valence-corrected chi connectivity index (χ4v) is 1.30. The highest BCUT2D eigenvalue weighted by atomic mass is 16.6. The molecule has 76 valence electrons. The summed E-state index contributed by atoms with van der Waals surface area (Å²) in [7, 11) is 0. The van der Waals surface area contributed by atoms with Crippen LogP contribution in [0, 0.1) is 13.8 Å². The van der Waals surface area contributed by atoms with E-state index in [0.29, 0.717) is 0 Å². The predicted octanol–water partition coefficient (Wildman–Crippen LogP) is 1.39. The topological polar surface area (TPSA) is 72.5 Å². The second-order valence-electron chi connectivity index (χ2n) is 3.19. The van der Waals surface area contributed by atoms with Crippen LogP contribution in [0.5, 0.6) is 0 Å². The summed E-state index contributed by atoms with van der Waals surface area (Å²) < 4.78 is 0. The number of rotatable bonds is 3. The SMILES string of the molecule is Cc1cc(C(=O)O)cc(CON)c1C. The maximum absolute atomic E-state index is 10.7. The standard InChI is InChI=1S/C10H13NO3/c1-6-3-8(10(12)13)4-9(5-14-11)7(6)2/h3-4H,5,11H2,1-2H3,(H,12,13). The number of carbonyl (C=O) groups is 1. The quantitative estimate of drug-likeness (QED) is 0.715. The van der Waals surface area contributed by atoms with Crippen LogP contribution in [-0.2, 0) is 11.4 Å². The Kier molecular flexibility index (Phi) is 3.22. The van der Waals surface area contributed by atoms with Crippen molar-refractivity contribution in [3.63, 3.8) is 0 Å². The summed E-state index contributed by atoms with van der Waals surface area (Å²) in [5.41, 5.74) is 3.02. The molecule has 0 unspecified atom stereocenters. The van der Waals surface area contributed by atoms with Crippen molar-refractivity contribution in [2.45, 2.75) is 20.5 Å². The van der Waals surface area contributed by atoms with Gasteiger partial charge in [0.2, 0.25) is 0 Å². The zero-order chi connectivity index (χ0) is 10.7. The lowest BCUT2D eigenvalue weighted by Gasteiger charge is -2.08. The third-order valence-electron chi connectivity index (χ3n) is 2.26. The summed E-state index contributed by atoms with van der Waals surface area (Å²) >= 11 is 0. The Balaban J connectivity index is 3.20. The molecule has 4 nitrogen and oxygen atoms in total. The van der Waals surface area contributed by atoms with Crippen molar-refractivity contribution in [2.24, 2.45) is 5.90 Å². The number of aryl methyl sites for hydroxylation is 1. The fraction of sp³-hybridized carbons (Fsp3) is 0.300. The summed E-state index contributed by atoms with van der Waals surface area (Å²) in [6.45, 7) is 4.00. The Bertz CT molecular complexity index is 361. The Hall–Kier alpha value is -1.39. The summed E-state index contributed by atoms with van der Waals surface area (Å²) in [6.07, 6.45) is 0. The first-order valence-electron chi connectivity index (χ1n) is 4.21. The first kappa shape index (κ1) is 10.7. The van der Waals surface area contributed by atoms with E-state index < -0.39 is 5.97 Å². The molecular formula is C10H13NO3. The minimum Gasteiger partial charge on any atom is -0.478 e. The molecule has 4 heteroatoms. The molecule has 0 amide bonds. The van der Waals surface area contributed by atoms with E-state index >= 15 is 0 Å². The third-order valence-corrected chi connectivity index (χ3v) is 2.26. The van der Waals surface area contributed by atoms with Gasteiger partial charge >= 0.3 is 5.97 Å². The molecule has 0 aromatic heterocycles. The van der Waals surface area contributed by atoms with E-state index in [2.05, 4.69) is 4.84 Å². The van der Waals surface area contributed by atoms with Gasteiger partial charge in [-0.1, -0.05) is 0 Å². The first-order valence-corrected chi connectivity index (χ1v) is 4.21. The Labute approximate surface area is 82.3 Å². The number of nitrogens with two attached hydrogens (primary N) is 1. The van der Waals surface area contributed by atoms with Crippen LogP contribution in [0.3, 0.4) is 0 Å². The monoisotopic (exact) mass is 195 g/mol. The molecule has 14 heavy (non-hydrogen) atoms. The van der Waals surface area contributed by atoms with E-state index in [1.54, 1.807) is 12.1 Å². The van der Waals surface area contributed by atoms with Gasteiger partial charge in [-0.2, -0.15) is 0 Å². The van der Waals surface area contributed by atoms with E-state index in [9.17, 15) is 4.79 Å². The molecule has 0 fully saturated rings. The van der Waals surface area contributed by atoms with Gasteiger partial charge in [-0.25, -0.2) is 10.7 Å². The summed E-state index contributed by atoms with van der Waals surface area (Å²) in [5.74, 6) is 4.02. The van der Waals surface area contributed by atoms with Gasteiger partial charge < -0.3 is 5.11 Å². The van der Waals surface area contributed by atoms with E-state index in [1.807, 2.05) is 13.8 Å². The van der Waals surface area contributed by atoms with Crippen molar-refractivity contribution in [1.82, 2.24) is 0 Å². The van der Waals surface area contributed by atoms with E-state index in [-0.39, 0.29) is 12.2 Å². The summed E-state index contributed by atoms with van der Waals surface area (Å²) in [4.78, 5) is 15.3. The minimum absolute atomic E-state index is 0.230. The average Bonchev–Trinajstić information content (AvgIpc) is 2.12. The molecule has 0 saturated carbocycles. The normalized spacial score (nSPS) is 10.2. The van der Waals surface area contributed by atoms with Crippen molar-refractivity contribution in [2.75, 3.05) is 0 Å². The van der Waals surface area contributed by atoms with Crippen molar-refractivity contribution in [1.29, 1.82) is 0 Å². The average molecular weight is 195 g/mol. The Morgan fingerprint density at radius 2 is 2.14 bits per heavy atom. The largest absolute Gasteiger partial charge is 0.478 e. The van der Waals surface area contributed by atoms with Gasteiger partial charge in [0.1, 0.15) is 0 Å². The van der Waals surface area contributed by atoms with Crippen molar-refractivity contribution in [3.05, 3.63) is 34.4 Å². The molecule has 1 rings (SSSR count). The number of carboxylic acid groups (broad SMARTS) is 1. The Morgan fingerprint density at radius 1 is 1.50 bits per heavy atom. The smallest absolute Gasteiger partial charge is 0.335 e. The lowest BCUT2D eigenvalue weighted by atomic mass is 10.00. The number of aromatic carboxylic acids is 1. The molecule has 0 radical (unpaired) electrons. The maximum Gasteiger partial charge on any atom is 0.335 e. The number of hydrogen-bond donors (Lipinski definition) is 2. The van der Waals surface area contributed by atoms with Crippen molar-refractivity contribution >= 4 is 5.97 Å². The zero-order valence-corrected chi connectivity index (χ0v) is 8.20. The van der Waals surface area contributed by atoms with Crippen molar-refractivity contribution < 1.29 is 14.7 Å². The van der Waals surface area contributed by atoms with Gasteiger partial charge in [0.25, 0.3) is 0 Å². The molecule has 0 atom stereocenters. The minimum atomic E-state index is -0.939. The number of carboxylic acids is 1. The van der Waals surface area contributed by atoms with Gasteiger partial charge in [0.05, 0.1) is 12.2 Å². The van der Waals surface area contributed by atoms with E-state index in [1.165, 1.54) is 0 Å². The molecule has 0 spiro atoms. The zero-order valence-electron chi connectivity index (χ0n) is 8.20. The predicted molar refractivity (Wildman–Crippen MR) is 51.9 cm³/mol. The molecule has 1 aromatic rings. The molecule has 3 N–H and O–H groups in total. The third kappa shape index (κ3) is 2.10. The highest BCUT2D eigenvalue weighted by molar-refractivity contribution is 5.88. The molecule has 0 saturated heterocycles. The van der Waals surface area contributed by atoms with Gasteiger partial charge in [0.15, 0.2) is 0 Å². The van der Waals surface area contributed by atoms with Crippen LogP contribution in [0.4, 0.5) is 0 Å². The van der Waals surface area contributed by atoms with Crippen LogP contribution in [-0.4, -0.2) is 11.1 Å². The Morgan fingerprint density at radius 3 is 2.64 bits per heavy atom. The highest BCUT2D eigenvalue weighted by Gasteiger charge is 2.08. The molecule has 0 aliphatic rings. The van der Waals surface area contributed by atoms with Crippen LogP contribution in [0.2, 0.25) is 0 Å². The van der Waals surface area contributed by atoms with Crippen LogP contribution in [0.1, 0.15) is 27.0 Å². The maximum atomic E-state index is 10.7. The van der Waals surface area contributed by atoms with Crippen molar-refractivity contribution in [3.8, 4) is 0 Å².